The maximum Gasteiger partial charge on any atom is 0.247 e. The van der Waals surface area contributed by atoms with Gasteiger partial charge in [-0.25, -0.2) is 4.98 Å². The largest absolute Gasteiger partial charge is 0.492 e. The van der Waals surface area contributed by atoms with Crippen molar-refractivity contribution in [2.24, 2.45) is 0 Å². The first-order chi connectivity index (χ1) is 8.40. The third kappa shape index (κ3) is 1.56. The summed E-state index contributed by atoms with van der Waals surface area (Å²) in [4.78, 5) is 3.25. The van der Waals surface area contributed by atoms with E-state index in [0.29, 0.717) is 0 Å². The maximum absolute atomic E-state index is 5.38. The molecule has 1 N–H and O–H groups in total. The zero-order valence-corrected chi connectivity index (χ0v) is 9.55. The molecule has 0 fully saturated rings. The van der Waals surface area contributed by atoms with Gasteiger partial charge in [-0.1, -0.05) is 24.3 Å². The minimum atomic E-state index is 0.863. The molecular weight excluding hydrogens is 212 g/mol. The van der Waals surface area contributed by atoms with Crippen LogP contribution in [0.3, 0.4) is 0 Å². The number of methoxy groups -OCH3 is 1. The van der Waals surface area contributed by atoms with Crippen LogP contribution in [0.15, 0.2) is 54.9 Å². The molecule has 3 nitrogen and oxygen atoms in total. The van der Waals surface area contributed by atoms with Crippen LogP contribution in [0.4, 0.5) is 0 Å². The molecule has 0 saturated carbocycles. The van der Waals surface area contributed by atoms with Crippen LogP contribution in [-0.4, -0.2) is 12.1 Å². The van der Waals surface area contributed by atoms with E-state index in [4.69, 9.17) is 4.74 Å². The average molecular weight is 225 g/mol. The molecular formula is C14H13N2O+. The first-order valence-electron chi connectivity index (χ1n) is 5.51. The summed E-state index contributed by atoms with van der Waals surface area (Å²) in [6.45, 7) is 0. The third-order valence-corrected chi connectivity index (χ3v) is 2.86. The minimum Gasteiger partial charge on any atom is -0.492 e. The van der Waals surface area contributed by atoms with Gasteiger partial charge in [0.25, 0.3) is 0 Å². The molecule has 0 atom stereocenters. The molecule has 84 valence electrons. The van der Waals surface area contributed by atoms with Gasteiger partial charge in [0.2, 0.25) is 6.33 Å². The normalized spacial score (nSPS) is 10.6. The Morgan fingerprint density at radius 1 is 1.00 bits per heavy atom. The van der Waals surface area contributed by atoms with E-state index in [-0.39, 0.29) is 0 Å². The predicted molar refractivity (Wildman–Crippen MR) is 66.4 cm³/mol. The first kappa shape index (κ1) is 9.90. The fraction of sp³-hybridized carbons (Fsp3) is 0.0714. The fourth-order valence-corrected chi connectivity index (χ4v) is 2.04. The van der Waals surface area contributed by atoms with Gasteiger partial charge < -0.3 is 4.74 Å². The number of aromatic amines is 1. The highest BCUT2D eigenvalue weighted by Gasteiger charge is 2.14. The topological polar surface area (TPSA) is 28.9 Å². The molecule has 0 aliphatic heterocycles. The zero-order valence-electron chi connectivity index (χ0n) is 9.55. The summed E-state index contributed by atoms with van der Waals surface area (Å²) in [5, 5.41) is 0. The molecule has 1 heterocycles. The number of para-hydroxylation sites is 4. The van der Waals surface area contributed by atoms with Crippen molar-refractivity contribution in [3.63, 3.8) is 0 Å². The molecule has 3 rings (SSSR count). The maximum atomic E-state index is 5.38. The van der Waals surface area contributed by atoms with Crippen molar-refractivity contribution in [3.8, 4) is 11.4 Å². The highest BCUT2D eigenvalue weighted by molar-refractivity contribution is 5.71. The summed E-state index contributed by atoms with van der Waals surface area (Å²) < 4.78 is 7.47. The Bertz CT molecular complexity index is 658. The summed E-state index contributed by atoms with van der Waals surface area (Å²) >= 11 is 0. The number of nitrogens with zero attached hydrogens (tertiary/aromatic N) is 1. The lowest BCUT2D eigenvalue weighted by atomic mass is 10.2. The Hall–Kier alpha value is -2.29. The monoisotopic (exact) mass is 225 g/mol. The second-order valence-electron chi connectivity index (χ2n) is 3.83. The van der Waals surface area contributed by atoms with Crippen LogP contribution in [0.1, 0.15) is 0 Å². The number of fused-ring (bicyclic) bond motifs is 1. The molecule has 0 bridgehead atoms. The van der Waals surface area contributed by atoms with Crippen LogP contribution in [0, 0.1) is 0 Å². The number of ether oxygens (including phenoxy) is 1. The van der Waals surface area contributed by atoms with Crippen LogP contribution in [0.25, 0.3) is 16.7 Å². The van der Waals surface area contributed by atoms with Crippen molar-refractivity contribution in [1.82, 2.24) is 4.98 Å². The number of hydrogen-bond acceptors (Lipinski definition) is 1. The standard InChI is InChI=1S/C14H12N2O/c1-17-14-9-5-4-8-13(14)16-10-15-11-6-2-3-7-12(11)16/h2-10H,1H3/p+1. The number of hydrogen-bond donors (Lipinski definition) is 1. The minimum absolute atomic E-state index is 0.863. The Labute approximate surface area is 99.3 Å². The molecule has 3 aromatic rings. The van der Waals surface area contributed by atoms with Gasteiger partial charge in [-0.3, -0.25) is 0 Å². The number of H-pyrrole nitrogens is 1. The van der Waals surface area contributed by atoms with Gasteiger partial charge in [-0.15, -0.1) is 0 Å². The lowest BCUT2D eigenvalue weighted by molar-refractivity contribution is -0.567. The Morgan fingerprint density at radius 3 is 2.65 bits per heavy atom. The van der Waals surface area contributed by atoms with Gasteiger partial charge in [0.15, 0.2) is 22.5 Å². The molecule has 0 aliphatic rings. The lowest BCUT2D eigenvalue weighted by Crippen LogP contribution is -2.28. The van der Waals surface area contributed by atoms with Crippen molar-refractivity contribution in [2.45, 2.75) is 0 Å². The van der Waals surface area contributed by atoms with Crippen LogP contribution in [0.5, 0.6) is 5.75 Å². The molecule has 3 heteroatoms. The molecule has 0 aliphatic carbocycles. The molecule has 0 unspecified atom stereocenters. The summed E-state index contributed by atoms with van der Waals surface area (Å²) in [5.74, 6) is 0.863. The molecule has 0 saturated heterocycles. The molecule has 0 amide bonds. The predicted octanol–water partition coefficient (Wildman–Crippen LogP) is 2.45. The van der Waals surface area contributed by atoms with E-state index in [1.54, 1.807) is 7.11 Å². The van der Waals surface area contributed by atoms with Gasteiger partial charge in [-0.05, 0) is 24.3 Å². The molecule has 17 heavy (non-hydrogen) atoms. The van der Waals surface area contributed by atoms with Crippen LogP contribution in [0.2, 0.25) is 0 Å². The highest BCUT2D eigenvalue weighted by atomic mass is 16.5. The smallest absolute Gasteiger partial charge is 0.247 e. The van der Waals surface area contributed by atoms with Gasteiger partial charge in [0.05, 0.1) is 7.11 Å². The van der Waals surface area contributed by atoms with E-state index in [9.17, 15) is 0 Å². The second-order valence-corrected chi connectivity index (χ2v) is 3.83. The van der Waals surface area contributed by atoms with E-state index in [0.717, 1.165) is 22.5 Å². The van der Waals surface area contributed by atoms with Crippen LogP contribution in [-0.2, 0) is 0 Å². The van der Waals surface area contributed by atoms with Crippen molar-refractivity contribution >= 4 is 11.0 Å². The number of nitrogens with one attached hydrogen (secondary N) is 1. The summed E-state index contributed by atoms with van der Waals surface area (Å²) in [6.07, 6.45) is 1.95. The van der Waals surface area contributed by atoms with Crippen LogP contribution < -0.4 is 9.30 Å². The zero-order chi connectivity index (χ0) is 11.7. The van der Waals surface area contributed by atoms with E-state index in [1.807, 2.05) is 42.7 Å². The van der Waals surface area contributed by atoms with Gasteiger partial charge in [0, 0.05) is 0 Å². The molecule has 2 aromatic carbocycles. The van der Waals surface area contributed by atoms with Crippen molar-refractivity contribution in [1.29, 1.82) is 0 Å². The number of aromatic nitrogens is 2. The fourth-order valence-electron chi connectivity index (χ4n) is 2.04. The SMILES string of the molecule is COc1ccccc1-[n+]1c[nH]c2ccccc21. The summed E-state index contributed by atoms with van der Waals surface area (Å²) in [6, 6.07) is 16.2. The Balaban J connectivity index is 2.27. The number of imidazole rings is 1. The van der Waals surface area contributed by atoms with Crippen molar-refractivity contribution in [2.75, 3.05) is 7.11 Å². The third-order valence-electron chi connectivity index (χ3n) is 2.86. The van der Waals surface area contributed by atoms with Crippen molar-refractivity contribution in [3.05, 3.63) is 54.9 Å². The Kier molecular flexibility index (Phi) is 2.29. The van der Waals surface area contributed by atoms with E-state index in [2.05, 4.69) is 21.7 Å². The summed E-state index contributed by atoms with van der Waals surface area (Å²) in [7, 11) is 1.69. The molecule has 1 aromatic heterocycles. The van der Waals surface area contributed by atoms with Gasteiger partial charge in [0.1, 0.15) is 0 Å². The van der Waals surface area contributed by atoms with E-state index < -0.39 is 0 Å². The number of benzene rings is 2. The quantitative estimate of drug-likeness (QED) is 0.667. The molecule has 0 radical (unpaired) electrons. The average Bonchev–Trinajstić information content (AvgIpc) is 2.82. The Morgan fingerprint density at radius 2 is 1.76 bits per heavy atom. The van der Waals surface area contributed by atoms with E-state index >= 15 is 0 Å². The van der Waals surface area contributed by atoms with Gasteiger partial charge in [-0.2, -0.15) is 4.57 Å². The molecule has 0 spiro atoms. The van der Waals surface area contributed by atoms with Crippen LogP contribution >= 0.6 is 0 Å². The van der Waals surface area contributed by atoms with E-state index in [1.165, 1.54) is 0 Å². The highest BCUT2D eigenvalue weighted by Crippen LogP contribution is 2.19. The van der Waals surface area contributed by atoms with Crippen molar-refractivity contribution < 1.29 is 9.30 Å². The first-order valence-corrected chi connectivity index (χ1v) is 5.51. The lowest BCUT2D eigenvalue weighted by Gasteiger charge is -2.04. The number of rotatable bonds is 2. The summed E-state index contributed by atoms with van der Waals surface area (Å²) in [5.41, 5.74) is 3.28. The second kappa shape index (κ2) is 3.94. The van der Waals surface area contributed by atoms with Gasteiger partial charge >= 0.3 is 0 Å².